The predicted octanol–water partition coefficient (Wildman–Crippen LogP) is 2.73. The zero-order chi connectivity index (χ0) is 18.1. The Kier molecular flexibility index (Phi) is 4.19. The van der Waals surface area contributed by atoms with Crippen molar-refractivity contribution in [2.75, 3.05) is 11.5 Å². The molecule has 130 valence electrons. The van der Waals surface area contributed by atoms with Crippen molar-refractivity contribution in [3.63, 3.8) is 0 Å². The summed E-state index contributed by atoms with van der Waals surface area (Å²) in [7, 11) is 0. The minimum Gasteiger partial charge on any atom is -0.453 e. The molecule has 0 bridgehead atoms. The first-order valence-electron chi connectivity index (χ1n) is 7.47. The number of thiazole rings is 1. The van der Waals surface area contributed by atoms with Gasteiger partial charge in [0.15, 0.2) is 12.4 Å². The molecule has 0 amide bonds. The van der Waals surface area contributed by atoms with Crippen LogP contribution in [0.4, 0.5) is 11.9 Å². The van der Waals surface area contributed by atoms with Crippen LogP contribution in [0, 0.1) is 0 Å². The lowest BCUT2D eigenvalue weighted by Gasteiger charge is -2.03. The molecule has 3 heterocycles. The van der Waals surface area contributed by atoms with Gasteiger partial charge >= 0.3 is 5.97 Å². The van der Waals surface area contributed by atoms with Crippen molar-refractivity contribution in [2.45, 2.75) is 6.61 Å². The number of nitrogens with two attached hydrogens (primary N) is 2. The van der Waals surface area contributed by atoms with Crippen LogP contribution in [0.15, 0.2) is 36.4 Å². The van der Waals surface area contributed by atoms with E-state index in [0.717, 1.165) is 20.1 Å². The van der Waals surface area contributed by atoms with E-state index >= 15 is 0 Å². The molecular weight excluding hydrogens is 372 g/mol. The van der Waals surface area contributed by atoms with E-state index in [4.69, 9.17) is 16.2 Å². The van der Waals surface area contributed by atoms with Crippen LogP contribution in [0.1, 0.15) is 15.5 Å². The molecule has 0 saturated heterocycles. The molecule has 0 aliphatic rings. The number of carbonyl (C=O) groups is 1. The van der Waals surface area contributed by atoms with Gasteiger partial charge in [0, 0.05) is 0 Å². The first kappa shape index (κ1) is 16.4. The van der Waals surface area contributed by atoms with E-state index in [0.29, 0.717) is 4.88 Å². The number of nitrogen functional groups attached to an aromatic ring is 2. The number of aromatic nitrogens is 4. The third-order valence-electron chi connectivity index (χ3n) is 3.36. The highest BCUT2D eigenvalue weighted by Crippen LogP contribution is 2.34. The maximum atomic E-state index is 12.2. The third kappa shape index (κ3) is 3.32. The highest BCUT2D eigenvalue weighted by molar-refractivity contribution is 7.26. The van der Waals surface area contributed by atoms with E-state index in [9.17, 15) is 4.79 Å². The minimum atomic E-state index is -0.472. The van der Waals surface area contributed by atoms with Crippen molar-refractivity contribution >= 4 is 50.8 Å². The quantitative estimate of drug-likeness (QED) is 0.514. The second kappa shape index (κ2) is 6.65. The summed E-state index contributed by atoms with van der Waals surface area (Å²) in [6, 6.07) is 11.5. The summed E-state index contributed by atoms with van der Waals surface area (Å²) in [5.41, 5.74) is 11.9. The number of hydrogen-bond donors (Lipinski definition) is 2. The third-order valence-corrected chi connectivity index (χ3v) is 5.63. The lowest BCUT2D eigenvalue weighted by Crippen LogP contribution is -2.10. The van der Waals surface area contributed by atoms with E-state index < -0.39 is 5.97 Å². The number of hydrogen-bond acceptors (Lipinski definition) is 10. The number of para-hydroxylation sites is 1. The Hall–Kier alpha value is -3.11. The molecule has 3 aromatic heterocycles. The first-order valence-corrected chi connectivity index (χ1v) is 9.10. The summed E-state index contributed by atoms with van der Waals surface area (Å²) in [6.07, 6.45) is 0. The zero-order valence-corrected chi connectivity index (χ0v) is 14.9. The highest BCUT2D eigenvalue weighted by Gasteiger charge is 2.15. The molecule has 0 aliphatic carbocycles. The van der Waals surface area contributed by atoms with Gasteiger partial charge in [-0.3, -0.25) is 0 Å². The molecule has 0 unspecified atom stereocenters. The maximum Gasteiger partial charge on any atom is 0.348 e. The highest BCUT2D eigenvalue weighted by atomic mass is 32.1. The fourth-order valence-corrected chi connectivity index (χ4v) is 4.18. The second-order valence-electron chi connectivity index (χ2n) is 5.19. The zero-order valence-electron chi connectivity index (χ0n) is 13.2. The maximum absolute atomic E-state index is 12.2. The Morgan fingerprint density at radius 1 is 0.962 bits per heavy atom. The minimum absolute atomic E-state index is 0.0159. The van der Waals surface area contributed by atoms with Gasteiger partial charge in [-0.15, -0.1) is 22.7 Å². The molecule has 4 aromatic rings. The molecule has 8 nitrogen and oxygen atoms in total. The Morgan fingerprint density at radius 2 is 1.73 bits per heavy atom. The number of carbonyl (C=O) groups excluding carboxylic acids is 1. The van der Waals surface area contributed by atoms with E-state index in [1.807, 2.05) is 30.3 Å². The van der Waals surface area contributed by atoms with E-state index in [1.165, 1.54) is 11.3 Å². The predicted molar refractivity (Wildman–Crippen MR) is 101 cm³/mol. The van der Waals surface area contributed by atoms with Crippen LogP contribution in [-0.2, 0) is 11.3 Å². The lowest BCUT2D eigenvalue weighted by molar-refractivity contribution is 0.0468. The molecule has 1 aromatic carbocycles. The number of benzene rings is 1. The van der Waals surface area contributed by atoms with Gasteiger partial charge in [-0.25, -0.2) is 9.78 Å². The van der Waals surface area contributed by atoms with Gasteiger partial charge in [0.1, 0.15) is 9.88 Å². The van der Waals surface area contributed by atoms with Gasteiger partial charge in [-0.05, 0) is 24.3 Å². The van der Waals surface area contributed by atoms with Gasteiger partial charge in [-0.2, -0.15) is 15.0 Å². The van der Waals surface area contributed by atoms with Crippen molar-refractivity contribution in [1.82, 2.24) is 19.9 Å². The van der Waals surface area contributed by atoms with Gasteiger partial charge < -0.3 is 16.2 Å². The molecule has 0 spiro atoms. The summed E-state index contributed by atoms with van der Waals surface area (Å²) in [6.45, 7) is -0.135. The summed E-state index contributed by atoms with van der Waals surface area (Å²) in [5.74, 6) is -0.304. The van der Waals surface area contributed by atoms with Gasteiger partial charge in [0.25, 0.3) is 0 Å². The van der Waals surface area contributed by atoms with Crippen molar-refractivity contribution < 1.29 is 9.53 Å². The van der Waals surface area contributed by atoms with E-state index in [2.05, 4.69) is 19.9 Å². The van der Waals surface area contributed by atoms with Crippen LogP contribution < -0.4 is 11.5 Å². The Labute approximate surface area is 155 Å². The fraction of sp³-hybridized carbons (Fsp3) is 0.0625. The molecule has 0 saturated carbocycles. The Bertz CT molecular complexity index is 1050. The van der Waals surface area contributed by atoms with Crippen LogP contribution in [-0.4, -0.2) is 25.9 Å². The van der Waals surface area contributed by atoms with Gasteiger partial charge in [0.2, 0.25) is 11.9 Å². The molecule has 0 atom stereocenters. The molecule has 0 aliphatic heterocycles. The van der Waals surface area contributed by atoms with Crippen LogP contribution in [0.25, 0.3) is 20.1 Å². The van der Waals surface area contributed by atoms with Crippen molar-refractivity contribution in [1.29, 1.82) is 0 Å². The number of rotatable bonds is 4. The van der Waals surface area contributed by atoms with Crippen LogP contribution in [0.5, 0.6) is 0 Å². The van der Waals surface area contributed by atoms with E-state index in [1.54, 1.807) is 17.4 Å². The van der Waals surface area contributed by atoms with Gasteiger partial charge in [-0.1, -0.05) is 12.1 Å². The Morgan fingerprint density at radius 3 is 2.50 bits per heavy atom. The summed E-state index contributed by atoms with van der Waals surface area (Å²) < 4.78 is 6.32. The molecule has 4 rings (SSSR count). The second-order valence-corrected chi connectivity index (χ2v) is 7.31. The smallest absolute Gasteiger partial charge is 0.348 e. The summed E-state index contributed by atoms with van der Waals surface area (Å²) >= 11 is 2.90. The number of esters is 1. The average molecular weight is 384 g/mol. The average Bonchev–Trinajstić information content (AvgIpc) is 3.25. The fourth-order valence-electron chi connectivity index (χ4n) is 2.26. The molecule has 0 fully saturated rings. The molecule has 26 heavy (non-hydrogen) atoms. The largest absolute Gasteiger partial charge is 0.453 e. The Balaban J connectivity index is 1.49. The number of anilines is 2. The summed E-state index contributed by atoms with van der Waals surface area (Å²) in [5, 5.41) is 0.869. The van der Waals surface area contributed by atoms with Crippen LogP contribution in [0.2, 0.25) is 0 Å². The first-order chi connectivity index (χ1) is 12.6. The lowest BCUT2D eigenvalue weighted by atomic mass is 10.3. The molecule has 0 radical (unpaired) electrons. The van der Waals surface area contributed by atoms with E-state index in [-0.39, 0.29) is 24.3 Å². The van der Waals surface area contributed by atoms with Crippen molar-refractivity contribution in [3.8, 4) is 9.88 Å². The number of nitrogens with zero attached hydrogens (tertiary/aromatic N) is 4. The molecule has 4 N–H and O–H groups in total. The number of thiophene rings is 1. The van der Waals surface area contributed by atoms with Crippen LogP contribution in [0.3, 0.4) is 0 Å². The molecular formula is C16H12N6O2S2. The topological polar surface area (TPSA) is 130 Å². The van der Waals surface area contributed by atoms with Crippen molar-refractivity contribution in [3.05, 3.63) is 47.1 Å². The SMILES string of the molecule is Nc1nc(N)nc(COC(=O)c2ccc(-c3nc4ccccc4s3)s2)n1. The van der Waals surface area contributed by atoms with Gasteiger partial charge in [0.05, 0.1) is 15.1 Å². The number of fused-ring (bicyclic) bond motifs is 1. The van der Waals surface area contributed by atoms with Crippen LogP contribution >= 0.6 is 22.7 Å². The molecule has 10 heteroatoms. The summed E-state index contributed by atoms with van der Waals surface area (Å²) in [4.78, 5) is 29.6. The standard InChI is InChI=1S/C16H12N6O2S2/c17-15-20-12(21-16(18)22-15)7-24-14(23)11-6-5-10(25-11)13-19-8-3-1-2-4-9(8)26-13/h1-6H,7H2,(H4,17,18,20,21,22). The number of ether oxygens (including phenoxy) is 1. The monoisotopic (exact) mass is 384 g/mol. The van der Waals surface area contributed by atoms with Crippen molar-refractivity contribution in [2.24, 2.45) is 0 Å². The normalized spacial score (nSPS) is 10.9.